The topological polar surface area (TPSA) is 75.6 Å². The van der Waals surface area contributed by atoms with Crippen molar-refractivity contribution < 1.29 is 26.3 Å². The average Bonchev–Trinajstić information content (AvgIpc) is 2.84. The molecule has 0 N–H and O–H groups in total. The number of ether oxygens (including phenoxy) is 1. The molecule has 1 fully saturated rings. The van der Waals surface area contributed by atoms with Crippen LogP contribution in [0.25, 0.3) is 11.3 Å². The van der Waals surface area contributed by atoms with Crippen molar-refractivity contribution in [2.45, 2.75) is 18.0 Å². The minimum atomic E-state index is -4.52. The summed E-state index contributed by atoms with van der Waals surface area (Å²) in [6, 6.07) is 13.0. The zero-order valence-electron chi connectivity index (χ0n) is 18.4. The fraction of sp³-hybridized carbons (Fsp3) is 0.304. The molecular weight excluding hydrogens is 469 g/mol. The summed E-state index contributed by atoms with van der Waals surface area (Å²) in [6.45, 7) is 3.65. The SMILES string of the molecule is CCOc1ccc(-c2cc(N3CCN(S(=O)(=O)c4ccc(C(F)(F)F)cc4)CC3)ncn2)cc1. The van der Waals surface area contributed by atoms with Gasteiger partial charge in [-0.05, 0) is 55.5 Å². The molecule has 0 radical (unpaired) electrons. The summed E-state index contributed by atoms with van der Waals surface area (Å²) >= 11 is 0. The normalized spacial score (nSPS) is 15.4. The quantitative estimate of drug-likeness (QED) is 0.517. The van der Waals surface area contributed by atoms with Crippen LogP contribution in [0.4, 0.5) is 19.0 Å². The van der Waals surface area contributed by atoms with Gasteiger partial charge in [-0.25, -0.2) is 18.4 Å². The van der Waals surface area contributed by atoms with Crippen LogP contribution in [-0.2, 0) is 16.2 Å². The molecule has 1 aromatic heterocycles. The molecule has 2 heterocycles. The molecule has 4 rings (SSSR count). The van der Waals surface area contributed by atoms with Gasteiger partial charge in [-0.3, -0.25) is 0 Å². The molecular formula is C23H23F3N4O3S. The van der Waals surface area contributed by atoms with Gasteiger partial charge in [-0.1, -0.05) is 0 Å². The first-order chi connectivity index (χ1) is 16.2. The fourth-order valence-electron chi connectivity index (χ4n) is 3.69. The number of piperazine rings is 1. The van der Waals surface area contributed by atoms with Gasteiger partial charge in [-0.2, -0.15) is 17.5 Å². The summed E-state index contributed by atoms with van der Waals surface area (Å²) in [7, 11) is -3.90. The van der Waals surface area contributed by atoms with Crippen LogP contribution >= 0.6 is 0 Å². The van der Waals surface area contributed by atoms with Crippen LogP contribution in [0.1, 0.15) is 12.5 Å². The smallest absolute Gasteiger partial charge is 0.416 e. The first kappa shape index (κ1) is 24.0. The third-order valence-electron chi connectivity index (χ3n) is 5.50. The van der Waals surface area contributed by atoms with E-state index in [1.807, 2.05) is 42.2 Å². The Hall–Kier alpha value is -3.18. The lowest BCUT2D eigenvalue weighted by Crippen LogP contribution is -2.48. The van der Waals surface area contributed by atoms with E-state index in [4.69, 9.17) is 4.74 Å². The third kappa shape index (κ3) is 5.15. The highest BCUT2D eigenvalue weighted by Crippen LogP contribution is 2.30. The van der Waals surface area contributed by atoms with E-state index in [2.05, 4.69) is 9.97 Å². The van der Waals surface area contributed by atoms with Crippen LogP contribution in [-0.4, -0.2) is 55.5 Å². The minimum Gasteiger partial charge on any atom is -0.494 e. The lowest BCUT2D eigenvalue weighted by Gasteiger charge is -2.34. The van der Waals surface area contributed by atoms with Crippen molar-refractivity contribution in [2.75, 3.05) is 37.7 Å². The number of rotatable bonds is 6. The molecule has 1 aliphatic rings. The van der Waals surface area contributed by atoms with Gasteiger partial charge in [0, 0.05) is 37.8 Å². The summed E-state index contributed by atoms with van der Waals surface area (Å²) in [5.74, 6) is 1.44. The molecule has 3 aromatic rings. The highest BCUT2D eigenvalue weighted by Gasteiger charge is 2.32. The van der Waals surface area contributed by atoms with Crippen molar-refractivity contribution in [3.05, 3.63) is 66.5 Å². The van der Waals surface area contributed by atoms with Crippen LogP contribution in [0.2, 0.25) is 0 Å². The van der Waals surface area contributed by atoms with Gasteiger partial charge in [0.1, 0.15) is 17.9 Å². The highest BCUT2D eigenvalue weighted by molar-refractivity contribution is 7.89. The van der Waals surface area contributed by atoms with E-state index in [1.165, 1.54) is 10.6 Å². The first-order valence-electron chi connectivity index (χ1n) is 10.7. The van der Waals surface area contributed by atoms with Gasteiger partial charge in [-0.15, -0.1) is 0 Å². The maximum Gasteiger partial charge on any atom is 0.416 e. The number of anilines is 1. The molecule has 11 heteroatoms. The van der Waals surface area contributed by atoms with E-state index in [1.54, 1.807) is 0 Å². The number of sulfonamides is 1. The first-order valence-corrected chi connectivity index (χ1v) is 12.1. The Labute approximate surface area is 195 Å². The van der Waals surface area contributed by atoms with E-state index in [-0.39, 0.29) is 18.0 Å². The molecule has 0 saturated carbocycles. The maximum atomic E-state index is 12.9. The van der Waals surface area contributed by atoms with Crippen molar-refractivity contribution in [3.63, 3.8) is 0 Å². The third-order valence-corrected chi connectivity index (χ3v) is 7.41. The summed E-state index contributed by atoms with van der Waals surface area (Å²) in [5, 5.41) is 0. The maximum absolute atomic E-state index is 12.9. The van der Waals surface area contributed by atoms with Crippen molar-refractivity contribution >= 4 is 15.8 Å². The number of aromatic nitrogens is 2. The summed E-state index contributed by atoms with van der Waals surface area (Å²) in [6.07, 6.45) is -3.05. The van der Waals surface area contributed by atoms with Crippen LogP contribution in [0.15, 0.2) is 65.8 Å². The summed E-state index contributed by atoms with van der Waals surface area (Å²) in [4.78, 5) is 10.5. The van der Waals surface area contributed by atoms with Crippen LogP contribution < -0.4 is 9.64 Å². The number of nitrogens with zero attached hydrogens (tertiary/aromatic N) is 4. The Balaban J connectivity index is 1.44. The van der Waals surface area contributed by atoms with Crippen molar-refractivity contribution in [1.29, 1.82) is 0 Å². The average molecular weight is 493 g/mol. The number of hydrogen-bond acceptors (Lipinski definition) is 6. The molecule has 34 heavy (non-hydrogen) atoms. The van der Waals surface area contributed by atoms with Gasteiger partial charge < -0.3 is 9.64 Å². The molecule has 0 spiro atoms. The van der Waals surface area contributed by atoms with E-state index in [0.29, 0.717) is 25.5 Å². The van der Waals surface area contributed by atoms with Crippen LogP contribution in [0, 0.1) is 0 Å². The lowest BCUT2D eigenvalue weighted by atomic mass is 10.1. The second kappa shape index (κ2) is 9.59. The summed E-state index contributed by atoms with van der Waals surface area (Å²) in [5.41, 5.74) is 0.742. The molecule has 1 aliphatic heterocycles. The molecule has 7 nitrogen and oxygen atoms in total. The fourth-order valence-corrected chi connectivity index (χ4v) is 5.11. The van der Waals surface area contributed by atoms with Crippen molar-refractivity contribution in [1.82, 2.24) is 14.3 Å². The Morgan fingerprint density at radius 2 is 1.59 bits per heavy atom. The highest BCUT2D eigenvalue weighted by atomic mass is 32.2. The lowest BCUT2D eigenvalue weighted by molar-refractivity contribution is -0.137. The number of benzene rings is 2. The molecule has 0 bridgehead atoms. The van der Waals surface area contributed by atoms with E-state index in [0.717, 1.165) is 41.3 Å². The largest absolute Gasteiger partial charge is 0.494 e. The minimum absolute atomic E-state index is 0.159. The second-order valence-corrected chi connectivity index (χ2v) is 9.57. The van der Waals surface area contributed by atoms with Gasteiger partial charge in [0.15, 0.2) is 0 Å². The molecule has 1 saturated heterocycles. The molecule has 0 atom stereocenters. The second-order valence-electron chi connectivity index (χ2n) is 7.63. The predicted molar refractivity (Wildman–Crippen MR) is 121 cm³/mol. The molecule has 0 aliphatic carbocycles. The number of halogens is 3. The summed E-state index contributed by atoms with van der Waals surface area (Å²) < 4.78 is 70.9. The van der Waals surface area contributed by atoms with Crippen LogP contribution in [0.3, 0.4) is 0 Å². The molecule has 180 valence electrons. The van der Waals surface area contributed by atoms with Gasteiger partial charge >= 0.3 is 6.18 Å². The Morgan fingerprint density at radius 3 is 2.18 bits per heavy atom. The molecule has 0 unspecified atom stereocenters. The molecule has 2 aromatic carbocycles. The van der Waals surface area contributed by atoms with Crippen LogP contribution in [0.5, 0.6) is 5.75 Å². The van der Waals surface area contributed by atoms with Crippen molar-refractivity contribution in [2.24, 2.45) is 0 Å². The Kier molecular flexibility index (Phi) is 6.76. The van der Waals surface area contributed by atoms with Gasteiger partial charge in [0.25, 0.3) is 0 Å². The van der Waals surface area contributed by atoms with E-state index < -0.39 is 21.8 Å². The van der Waals surface area contributed by atoms with E-state index in [9.17, 15) is 21.6 Å². The zero-order chi connectivity index (χ0) is 24.3. The van der Waals surface area contributed by atoms with E-state index >= 15 is 0 Å². The Morgan fingerprint density at radius 1 is 0.941 bits per heavy atom. The number of alkyl halides is 3. The Bertz CT molecular complexity index is 1230. The predicted octanol–water partition coefficient (Wildman–Crippen LogP) is 4.07. The van der Waals surface area contributed by atoms with Gasteiger partial charge in [0.05, 0.1) is 22.8 Å². The monoisotopic (exact) mass is 492 g/mol. The number of hydrogen-bond donors (Lipinski definition) is 0. The zero-order valence-corrected chi connectivity index (χ0v) is 19.2. The standard InChI is InChI=1S/C23H23F3N4O3S/c1-2-33-19-7-3-17(4-8-19)21-15-22(28-16-27-21)29-11-13-30(14-12-29)34(31,32)20-9-5-18(6-10-20)23(24,25)26/h3-10,15-16H,2,11-14H2,1H3. The van der Waals surface area contributed by atoms with Crippen molar-refractivity contribution in [3.8, 4) is 17.0 Å². The molecule has 0 amide bonds. The van der Waals surface area contributed by atoms with Gasteiger partial charge in [0.2, 0.25) is 10.0 Å².